The van der Waals surface area contributed by atoms with Crippen molar-refractivity contribution < 1.29 is 13.2 Å². The molecule has 0 amide bonds. The van der Waals surface area contributed by atoms with Crippen LogP contribution < -0.4 is 5.73 Å². The molecule has 0 radical (unpaired) electrons. The molecule has 0 heterocycles. The quantitative estimate of drug-likeness (QED) is 0.807. The Labute approximate surface area is 111 Å². The first-order valence-corrected chi connectivity index (χ1v) is 6.65. The molecule has 0 saturated heterocycles. The molecule has 0 spiro atoms. The monoisotopic (exact) mass is 272 g/mol. The molecule has 1 saturated carbocycles. The van der Waals surface area contributed by atoms with E-state index in [4.69, 9.17) is 5.73 Å². The largest absolute Gasteiger partial charge is 0.329 e. The highest BCUT2D eigenvalue weighted by molar-refractivity contribution is 5.23. The summed E-state index contributed by atoms with van der Waals surface area (Å²) in [5.41, 5.74) is 6.14. The van der Waals surface area contributed by atoms with Crippen molar-refractivity contribution in [2.45, 2.75) is 25.8 Å². The van der Waals surface area contributed by atoms with E-state index in [-0.39, 0.29) is 12.6 Å². The first-order valence-electron chi connectivity index (χ1n) is 6.65. The third-order valence-corrected chi connectivity index (χ3v) is 3.65. The fourth-order valence-electron chi connectivity index (χ4n) is 2.37. The molecule has 19 heavy (non-hydrogen) atoms. The first kappa shape index (κ1) is 14.3. The fourth-order valence-corrected chi connectivity index (χ4v) is 2.37. The van der Waals surface area contributed by atoms with Crippen molar-refractivity contribution in [1.29, 1.82) is 0 Å². The molecular weight excluding hydrogens is 253 g/mol. The standard InChI is InChI=1S/C14H19F3N2/c1-2-19(8-9-3-4-9)13(7-18)10-5-11(15)14(17)12(16)6-10/h5-6,9,13H,2-4,7-8,18H2,1H3. The predicted molar refractivity (Wildman–Crippen MR) is 68.1 cm³/mol. The van der Waals surface area contributed by atoms with Gasteiger partial charge in [0.1, 0.15) is 0 Å². The topological polar surface area (TPSA) is 29.3 Å². The number of nitrogens with two attached hydrogens (primary N) is 1. The van der Waals surface area contributed by atoms with E-state index in [0.717, 1.165) is 25.2 Å². The van der Waals surface area contributed by atoms with Crippen LogP contribution >= 0.6 is 0 Å². The van der Waals surface area contributed by atoms with Gasteiger partial charge in [-0.1, -0.05) is 6.92 Å². The van der Waals surface area contributed by atoms with Gasteiger partial charge in [0.05, 0.1) is 0 Å². The normalized spacial score (nSPS) is 16.9. The van der Waals surface area contributed by atoms with Gasteiger partial charge in [-0.15, -0.1) is 0 Å². The number of likely N-dealkylation sites (N-methyl/N-ethyl adjacent to an activating group) is 1. The molecule has 0 bridgehead atoms. The lowest BCUT2D eigenvalue weighted by Crippen LogP contribution is -2.35. The lowest BCUT2D eigenvalue weighted by molar-refractivity contribution is 0.202. The molecule has 1 unspecified atom stereocenters. The number of hydrogen-bond acceptors (Lipinski definition) is 2. The summed E-state index contributed by atoms with van der Waals surface area (Å²) in [7, 11) is 0. The van der Waals surface area contributed by atoms with Crippen LogP contribution in [0.3, 0.4) is 0 Å². The van der Waals surface area contributed by atoms with Crippen molar-refractivity contribution in [2.24, 2.45) is 11.7 Å². The van der Waals surface area contributed by atoms with Gasteiger partial charge in [-0.05, 0) is 43.0 Å². The average molecular weight is 272 g/mol. The maximum Gasteiger partial charge on any atom is 0.194 e. The van der Waals surface area contributed by atoms with Crippen molar-refractivity contribution in [2.75, 3.05) is 19.6 Å². The molecule has 2 rings (SSSR count). The molecule has 2 nitrogen and oxygen atoms in total. The van der Waals surface area contributed by atoms with Crippen LogP contribution in [0.1, 0.15) is 31.4 Å². The third-order valence-electron chi connectivity index (χ3n) is 3.65. The van der Waals surface area contributed by atoms with E-state index in [2.05, 4.69) is 4.90 Å². The second-order valence-corrected chi connectivity index (χ2v) is 5.08. The summed E-state index contributed by atoms with van der Waals surface area (Å²) in [5, 5.41) is 0. The molecule has 1 aliphatic rings. The van der Waals surface area contributed by atoms with Crippen LogP contribution in [0.2, 0.25) is 0 Å². The van der Waals surface area contributed by atoms with Crippen molar-refractivity contribution in [3.63, 3.8) is 0 Å². The van der Waals surface area contributed by atoms with E-state index in [9.17, 15) is 13.2 Å². The zero-order chi connectivity index (χ0) is 14.0. The van der Waals surface area contributed by atoms with Gasteiger partial charge >= 0.3 is 0 Å². The highest BCUT2D eigenvalue weighted by Crippen LogP contribution is 2.33. The molecule has 1 aliphatic carbocycles. The van der Waals surface area contributed by atoms with Crippen molar-refractivity contribution in [1.82, 2.24) is 4.90 Å². The lowest BCUT2D eigenvalue weighted by Gasteiger charge is -2.30. The van der Waals surface area contributed by atoms with E-state index in [1.54, 1.807) is 0 Å². The molecule has 106 valence electrons. The summed E-state index contributed by atoms with van der Waals surface area (Å²) in [5.74, 6) is -3.08. The predicted octanol–water partition coefficient (Wildman–Crippen LogP) is 2.84. The Bertz CT molecular complexity index is 423. The Balaban J connectivity index is 2.23. The molecule has 5 heteroatoms. The van der Waals surface area contributed by atoms with Gasteiger partial charge in [0.2, 0.25) is 0 Å². The number of hydrogen-bond donors (Lipinski definition) is 1. The fraction of sp³-hybridized carbons (Fsp3) is 0.571. The Hall–Kier alpha value is -1.07. The van der Waals surface area contributed by atoms with Crippen molar-refractivity contribution in [3.8, 4) is 0 Å². The van der Waals surface area contributed by atoms with Crippen molar-refractivity contribution >= 4 is 0 Å². The Morgan fingerprint density at radius 2 is 1.84 bits per heavy atom. The van der Waals surface area contributed by atoms with E-state index < -0.39 is 17.5 Å². The summed E-state index contributed by atoms with van der Waals surface area (Å²) in [6.45, 7) is 3.87. The Morgan fingerprint density at radius 1 is 1.26 bits per heavy atom. The minimum atomic E-state index is -1.43. The van der Waals surface area contributed by atoms with Crippen LogP contribution in [0.25, 0.3) is 0 Å². The second kappa shape index (κ2) is 5.92. The minimum absolute atomic E-state index is 0.255. The molecule has 2 N–H and O–H groups in total. The average Bonchev–Trinajstić information content (AvgIpc) is 3.19. The highest BCUT2D eigenvalue weighted by atomic mass is 19.2. The summed E-state index contributed by atoms with van der Waals surface area (Å²) in [6.07, 6.45) is 2.39. The van der Waals surface area contributed by atoms with E-state index in [1.807, 2.05) is 6.92 Å². The minimum Gasteiger partial charge on any atom is -0.329 e. The van der Waals surface area contributed by atoms with Crippen LogP contribution in [-0.4, -0.2) is 24.5 Å². The summed E-state index contributed by atoms with van der Waals surface area (Å²) < 4.78 is 39.6. The second-order valence-electron chi connectivity index (χ2n) is 5.08. The maximum atomic E-state index is 13.3. The number of benzene rings is 1. The molecule has 0 aromatic heterocycles. The highest BCUT2D eigenvalue weighted by Gasteiger charge is 2.28. The van der Waals surface area contributed by atoms with E-state index in [0.29, 0.717) is 11.5 Å². The lowest BCUT2D eigenvalue weighted by atomic mass is 10.0. The van der Waals surface area contributed by atoms with Gasteiger partial charge in [-0.25, -0.2) is 13.2 Å². The third kappa shape index (κ3) is 3.28. The molecule has 1 atom stereocenters. The van der Waals surface area contributed by atoms with Crippen LogP contribution in [-0.2, 0) is 0 Å². The number of rotatable bonds is 6. The van der Waals surface area contributed by atoms with Gasteiger partial charge in [0, 0.05) is 19.1 Å². The van der Waals surface area contributed by atoms with Gasteiger partial charge in [-0.2, -0.15) is 0 Å². The van der Waals surface area contributed by atoms with Gasteiger partial charge in [-0.3, -0.25) is 4.90 Å². The van der Waals surface area contributed by atoms with Crippen LogP contribution in [0.15, 0.2) is 12.1 Å². The Kier molecular flexibility index (Phi) is 4.47. The zero-order valence-corrected chi connectivity index (χ0v) is 11.0. The van der Waals surface area contributed by atoms with E-state index >= 15 is 0 Å². The molecule has 1 fully saturated rings. The summed E-state index contributed by atoms with van der Waals surface area (Å²) in [6, 6.07) is 1.83. The molecular formula is C14H19F3N2. The first-order chi connectivity index (χ1) is 9.06. The van der Waals surface area contributed by atoms with Gasteiger partial charge in [0.25, 0.3) is 0 Å². The molecule has 0 aliphatic heterocycles. The smallest absolute Gasteiger partial charge is 0.194 e. The SMILES string of the molecule is CCN(CC1CC1)C(CN)c1cc(F)c(F)c(F)c1. The summed E-state index contributed by atoms with van der Waals surface area (Å²) in [4.78, 5) is 2.10. The maximum absolute atomic E-state index is 13.3. The van der Waals surface area contributed by atoms with Crippen LogP contribution in [0.4, 0.5) is 13.2 Å². The van der Waals surface area contributed by atoms with Gasteiger partial charge < -0.3 is 5.73 Å². The van der Waals surface area contributed by atoms with E-state index in [1.165, 1.54) is 12.8 Å². The van der Waals surface area contributed by atoms with Crippen molar-refractivity contribution in [3.05, 3.63) is 35.1 Å². The van der Waals surface area contributed by atoms with Gasteiger partial charge in [0.15, 0.2) is 17.5 Å². The Morgan fingerprint density at radius 3 is 2.26 bits per heavy atom. The number of halogens is 3. The summed E-state index contributed by atoms with van der Waals surface area (Å²) >= 11 is 0. The molecule has 1 aromatic rings. The van der Waals surface area contributed by atoms with Crippen LogP contribution in [0, 0.1) is 23.4 Å². The molecule has 1 aromatic carbocycles. The number of nitrogens with zero attached hydrogens (tertiary/aromatic N) is 1. The van der Waals surface area contributed by atoms with Crippen LogP contribution in [0.5, 0.6) is 0 Å². The zero-order valence-electron chi connectivity index (χ0n) is 11.0.